The Balaban J connectivity index is 1.84. The molecular weight excluding hydrogens is 414 g/mol. The van der Waals surface area contributed by atoms with E-state index in [0.717, 1.165) is 0 Å². The van der Waals surface area contributed by atoms with E-state index in [9.17, 15) is 19.5 Å². The molecule has 8 nitrogen and oxygen atoms in total. The molecule has 1 atom stereocenters. The van der Waals surface area contributed by atoms with Crippen molar-refractivity contribution in [2.24, 2.45) is 0 Å². The van der Waals surface area contributed by atoms with Gasteiger partial charge in [0.2, 0.25) is 0 Å². The van der Waals surface area contributed by atoms with Gasteiger partial charge in [0.1, 0.15) is 23.3 Å². The topological polar surface area (TPSA) is 117 Å². The summed E-state index contributed by atoms with van der Waals surface area (Å²) in [4.78, 5) is 38.2. The molecule has 1 amide bonds. The fourth-order valence-electron chi connectivity index (χ4n) is 3.69. The minimum Gasteiger partial charge on any atom is -0.507 e. The lowest BCUT2D eigenvalue weighted by Crippen LogP contribution is -2.29. The largest absolute Gasteiger partial charge is 0.507 e. The molecule has 0 spiro atoms. The van der Waals surface area contributed by atoms with E-state index >= 15 is 0 Å². The van der Waals surface area contributed by atoms with Crippen LogP contribution in [0.4, 0.5) is 5.69 Å². The first-order valence-electron chi connectivity index (χ1n) is 9.70. The van der Waals surface area contributed by atoms with E-state index < -0.39 is 23.7 Å². The molecule has 1 aromatic heterocycles. The number of methoxy groups -OCH3 is 1. The number of aliphatic carboxylic acids is 1. The lowest BCUT2D eigenvalue weighted by atomic mass is 9.99. The molecule has 1 aliphatic heterocycles. The van der Waals surface area contributed by atoms with Gasteiger partial charge in [-0.05, 0) is 42.0 Å². The summed E-state index contributed by atoms with van der Waals surface area (Å²) < 4.78 is 10.7. The number of carbonyl (C=O) groups excluding carboxylic acids is 2. The Bertz CT molecular complexity index is 1210. The van der Waals surface area contributed by atoms with Crippen molar-refractivity contribution in [3.63, 3.8) is 0 Å². The molecule has 2 heterocycles. The molecule has 0 aliphatic carbocycles. The molecular formula is C24H19NO7. The number of amides is 1. The van der Waals surface area contributed by atoms with Gasteiger partial charge in [0.25, 0.3) is 11.7 Å². The first kappa shape index (κ1) is 20.9. The van der Waals surface area contributed by atoms with E-state index in [1.807, 2.05) is 0 Å². The third-order valence-corrected chi connectivity index (χ3v) is 5.17. The Hall–Kier alpha value is -4.33. The normalized spacial score (nSPS) is 17.5. The second-order valence-corrected chi connectivity index (χ2v) is 7.15. The number of aliphatic hydroxyl groups excluding tert-OH is 1. The van der Waals surface area contributed by atoms with Gasteiger partial charge in [-0.15, -0.1) is 0 Å². The molecule has 4 rings (SSSR count). The van der Waals surface area contributed by atoms with Crippen molar-refractivity contribution in [2.45, 2.75) is 12.5 Å². The summed E-state index contributed by atoms with van der Waals surface area (Å²) in [5.74, 6) is -2.25. The SMILES string of the molecule is COc1cccc(/C(O)=C2/C(=O)C(=O)N(c3ccc(CC(=O)O)cc3)C2c2ccco2)c1. The number of hydrogen-bond acceptors (Lipinski definition) is 6. The number of Topliss-reactive ketones (excluding diaryl/α,β-unsaturated/α-hetero) is 1. The van der Waals surface area contributed by atoms with Crippen molar-refractivity contribution in [1.29, 1.82) is 0 Å². The van der Waals surface area contributed by atoms with Gasteiger partial charge in [0, 0.05) is 11.3 Å². The zero-order chi connectivity index (χ0) is 22.8. The van der Waals surface area contributed by atoms with Crippen molar-refractivity contribution in [3.8, 4) is 5.75 Å². The Morgan fingerprint density at radius 3 is 2.44 bits per heavy atom. The molecule has 3 aromatic rings. The fraction of sp³-hybridized carbons (Fsp3) is 0.125. The maximum Gasteiger partial charge on any atom is 0.307 e. The highest BCUT2D eigenvalue weighted by molar-refractivity contribution is 6.51. The van der Waals surface area contributed by atoms with Gasteiger partial charge in [0.15, 0.2) is 0 Å². The molecule has 2 aromatic carbocycles. The van der Waals surface area contributed by atoms with E-state index in [1.165, 1.54) is 18.3 Å². The number of anilines is 1. The van der Waals surface area contributed by atoms with Gasteiger partial charge in [-0.2, -0.15) is 0 Å². The van der Waals surface area contributed by atoms with Gasteiger partial charge in [-0.1, -0.05) is 24.3 Å². The predicted octanol–water partition coefficient (Wildman–Crippen LogP) is 3.54. The standard InChI is InChI=1S/C24H19NO7/c1-31-17-5-2-4-15(13-17)22(28)20-21(18-6-3-11-32-18)25(24(30)23(20)29)16-9-7-14(8-10-16)12-19(26)27/h2-11,13,21,28H,12H2,1H3,(H,26,27)/b22-20-. The number of carbonyl (C=O) groups is 3. The van der Waals surface area contributed by atoms with E-state index in [2.05, 4.69) is 0 Å². The quantitative estimate of drug-likeness (QED) is 0.347. The van der Waals surface area contributed by atoms with Crippen LogP contribution < -0.4 is 9.64 Å². The van der Waals surface area contributed by atoms with E-state index in [1.54, 1.807) is 60.7 Å². The van der Waals surface area contributed by atoms with E-state index in [-0.39, 0.29) is 17.8 Å². The second-order valence-electron chi connectivity index (χ2n) is 7.15. The number of rotatable bonds is 6. The van der Waals surface area contributed by atoms with Crippen LogP contribution >= 0.6 is 0 Å². The predicted molar refractivity (Wildman–Crippen MR) is 114 cm³/mol. The van der Waals surface area contributed by atoms with Crippen LogP contribution in [-0.4, -0.2) is 35.0 Å². The summed E-state index contributed by atoms with van der Waals surface area (Å²) in [6.07, 6.45) is 1.24. The number of ether oxygens (including phenoxy) is 1. The molecule has 0 bridgehead atoms. The first-order chi connectivity index (χ1) is 15.4. The van der Waals surface area contributed by atoms with Crippen molar-refractivity contribution >= 4 is 29.1 Å². The van der Waals surface area contributed by atoms with Crippen LogP contribution in [0.2, 0.25) is 0 Å². The van der Waals surface area contributed by atoms with E-state index in [0.29, 0.717) is 28.3 Å². The Kier molecular flexibility index (Phi) is 5.51. The van der Waals surface area contributed by atoms with Crippen molar-refractivity contribution in [2.75, 3.05) is 12.0 Å². The van der Waals surface area contributed by atoms with Gasteiger partial charge in [0.05, 0.1) is 25.4 Å². The summed E-state index contributed by atoms with van der Waals surface area (Å²) in [6.45, 7) is 0. The van der Waals surface area contributed by atoms with Crippen molar-refractivity contribution in [3.05, 3.63) is 89.4 Å². The lowest BCUT2D eigenvalue weighted by Gasteiger charge is -2.23. The molecule has 1 fully saturated rings. The fourth-order valence-corrected chi connectivity index (χ4v) is 3.69. The Morgan fingerprint density at radius 2 is 1.81 bits per heavy atom. The number of carboxylic acid groups (broad SMARTS) is 1. The summed E-state index contributed by atoms with van der Waals surface area (Å²) in [6, 6.07) is 15.0. The second kappa shape index (κ2) is 8.43. The molecule has 0 radical (unpaired) electrons. The van der Waals surface area contributed by atoms with Crippen LogP contribution in [-0.2, 0) is 20.8 Å². The van der Waals surface area contributed by atoms with Gasteiger partial charge >= 0.3 is 5.97 Å². The number of carboxylic acids is 1. The summed E-state index contributed by atoms with van der Waals surface area (Å²) in [5.41, 5.74) is 1.11. The number of nitrogens with zero attached hydrogens (tertiary/aromatic N) is 1. The monoisotopic (exact) mass is 433 g/mol. The number of aliphatic hydroxyl groups is 1. The van der Waals surface area contributed by atoms with Crippen molar-refractivity contribution < 1.29 is 33.8 Å². The number of benzene rings is 2. The lowest BCUT2D eigenvalue weighted by molar-refractivity contribution is -0.136. The number of hydrogen-bond donors (Lipinski definition) is 2. The minimum atomic E-state index is -0.999. The highest BCUT2D eigenvalue weighted by Crippen LogP contribution is 2.42. The summed E-state index contributed by atoms with van der Waals surface area (Å²) >= 11 is 0. The Morgan fingerprint density at radius 1 is 1.06 bits per heavy atom. The van der Waals surface area contributed by atoms with Crippen LogP contribution in [0.1, 0.15) is 22.9 Å². The van der Waals surface area contributed by atoms with Crippen LogP contribution in [0.3, 0.4) is 0 Å². The van der Waals surface area contributed by atoms with Crippen LogP contribution in [0.15, 0.2) is 76.9 Å². The maximum atomic E-state index is 13.0. The first-order valence-corrected chi connectivity index (χ1v) is 9.70. The highest BCUT2D eigenvalue weighted by atomic mass is 16.5. The van der Waals surface area contributed by atoms with Gasteiger partial charge < -0.3 is 19.4 Å². The number of furan rings is 1. The van der Waals surface area contributed by atoms with Crippen LogP contribution in [0.5, 0.6) is 5.75 Å². The summed E-state index contributed by atoms with van der Waals surface area (Å²) in [5, 5.41) is 20.0. The molecule has 8 heteroatoms. The van der Waals surface area contributed by atoms with Gasteiger partial charge in [-0.3, -0.25) is 19.3 Å². The minimum absolute atomic E-state index is 0.118. The zero-order valence-electron chi connectivity index (χ0n) is 17.0. The maximum absolute atomic E-state index is 13.0. The molecule has 1 unspecified atom stereocenters. The number of ketones is 1. The average Bonchev–Trinajstić information content (AvgIpc) is 3.41. The third kappa shape index (κ3) is 3.74. The molecule has 32 heavy (non-hydrogen) atoms. The van der Waals surface area contributed by atoms with Crippen LogP contribution in [0, 0.1) is 0 Å². The molecule has 1 saturated heterocycles. The zero-order valence-corrected chi connectivity index (χ0v) is 17.0. The average molecular weight is 433 g/mol. The van der Waals surface area contributed by atoms with Crippen molar-refractivity contribution in [1.82, 2.24) is 0 Å². The molecule has 162 valence electrons. The van der Waals surface area contributed by atoms with Crippen LogP contribution in [0.25, 0.3) is 5.76 Å². The highest BCUT2D eigenvalue weighted by Gasteiger charge is 2.48. The smallest absolute Gasteiger partial charge is 0.307 e. The molecule has 0 saturated carbocycles. The van der Waals surface area contributed by atoms with Gasteiger partial charge in [-0.25, -0.2) is 0 Å². The summed E-state index contributed by atoms with van der Waals surface area (Å²) in [7, 11) is 1.48. The van der Waals surface area contributed by atoms with E-state index in [4.69, 9.17) is 14.3 Å². The molecule has 2 N–H and O–H groups in total. The molecule has 1 aliphatic rings. The Labute approximate surface area is 183 Å². The third-order valence-electron chi connectivity index (χ3n) is 5.17.